The lowest BCUT2D eigenvalue weighted by molar-refractivity contribution is 0.109. The molecule has 1 aliphatic rings. The lowest BCUT2D eigenvalue weighted by Crippen LogP contribution is -2.47. The van der Waals surface area contributed by atoms with Crippen LogP contribution < -0.4 is 4.90 Å². The zero-order chi connectivity index (χ0) is 17.3. The molecule has 6 heteroatoms. The predicted octanol–water partition coefficient (Wildman–Crippen LogP) is 2.63. The second-order valence-corrected chi connectivity index (χ2v) is 8.05. The largest absolute Gasteiger partial charge is 0.387 e. The first-order valence-electron chi connectivity index (χ1n) is 8.47. The monoisotopic (exact) mass is 346 g/mol. The van der Waals surface area contributed by atoms with Gasteiger partial charge in [0.05, 0.1) is 6.10 Å². The van der Waals surface area contributed by atoms with E-state index in [-0.39, 0.29) is 0 Å². The molecule has 2 aromatic heterocycles. The van der Waals surface area contributed by atoms with E-state index in [1.54, 1.807) is 11.3 Å². The Balaban J connectivity index is 1.58. The van der Waals surface area contributed by atoms with Gasteiger partial charge in [0.25, 0.3) is 0 Å². The average molecular weight is 347 g/mol. The number of thiophene rings is 1. The Morgan fingerprint density at radius 1 is 1.08 bits per heavy atom. The topological polar surface area (TPSA) is 52.5 Å². The second kappa shape index (κ2) is 7.17. The number of piperazine rings is 1. The fourth-order valence-electron chi connectivity index (χ4n) is 3.34. The Morgan fingerprint density at radius 3 is 2.38 bits per heavy atom. The minimum absolute atomic E-state index is 0.398. The Morgan fingerprint density at radius 2 is 1.79 bits per heavy atom. The highest BCUT2D eigenvalue weighted by Gasteiger charge is 2.22. The molecule has 1 N–H and O–H groups in total. The summed E-state index contributed by atoms with van der Waals surface area (Å²) in [6.45, 7) is 12.6. The third-order valence-electron chi connectivity index (χ3n) is 4.52. The number of rotatable bonds is 4. The zero-order valence-electron chi connectivity index (χ0n) is 14.9. The molecule has 0 bridgehead atoms. The van der Waals surface area contributed by atoms with Crippen LogP contribution in [-0.2, 0) is 0 Å². The van der Waals surface area contributed by atoms with Crippen LogP contribution in [0.25, 0.3) is 0 Å². The van der Waals surface area contributed by atoms with Crippen molar-refractivity contribution in [3.8, 4) is 0 Å². The summed E-state index contributed by atoms with van der Waals surface area (Å²) < 4.78 is 0. The van der Waals surface area contributed by atoms with E-state index in [1.807, 2.05) is 13.8 Å². The van der Waals surface area contributed by atoms with Gasteiger partial charge in [-0.3, -0.25) is 4.90 Å². The van der Waals surface area contributed by atoms with Crippen LogP contribution in [0.1, 0.15) is 32.9 Å². The van der Waals surface area contributed by atoms with Gasteiger partial charge in [0.15, 0.2) is 0 Å². The minimum Gasteiger partial charge on any atom is -0.387 e. The van der Waals surface area contributed by atoms with Crippen LogP contribution in [0.2, 0.25) is 0 Å². The first-order valence-corrected chi connectivity index (χ1v) is 9.28. The molecule has 0 spiro atoms. The summed E-state index contributed by atoms with van der Waals surface area (Å²) in [6.07, 6.45) is -0.398. The van der Waals surface area contributed by atoms with Crippen LogP contribution in [0.5, 0.6) is 0 Å². The summed E-state index contributed by atoms with van der Waals surface area (Å²) in [5, 5.41) is 10.6. The Labute approximate surface area is 148 Å². The van der Waals surface area contributed by atoms with Crippen molar-refractivity contribution in [2.45, 2.75) is 33.8 Å². The summed E-state index contributed by atoms with van der Waals surface area (Å²) in [5.74, 6) is 1.84. The molecular weight excluding hydrogens is 320 g/mol. The normalized spacial score (nSPS) is 17.3. The van der Waals surface area contributed by atoms with Crippen molar-refractivity contribution in [3.05, 3.63) is 39.0 Å². The van der Waals surface area contributed by atoms with Crippen molar-refractivity contribution in [2.75, 3.05) is 37.6 Å². The smallest absolute Gasteiger partial charge is 0.132 e. The number of aryl methyl sites for hydroxylation is 4. The van der Waals surface area contributed by atoms with Crippen molar-refractivity contribution in [2.24, 2.45) is 0 Å². The van der Waals surface area contributed by atoms with Crippen molar-refractivity contribution in [1.82, 2.24) is 14.9 Å². The van der Waals surface area contributed by atoms with Gasteiger partial charge in [-0.2, -0.15) is 0 Å². The molecule has 1 atom stereocenters. The van der Waals surface area contributed by atoms with E-state index in [1.165, 1.54) is 9.75 Å². The molecule has 5 nitrogen and oxygen atoms in total. The second-order valence-electron chi connectivity index (χ2n) is 6.59. The summed E-state index contributed by atoms with van der Waals surface area (Å²) in [5.41, 5.74) is 2.10. The molecule has 1 unspecified atom stereocenters. The number of aliphatic hydroxyl groups excluding tert-OH is 1. The van der Waals surface area contributed by atoms with Gasteiger partial charge in [-0.15, -0.1) is 11.3 Å². The number of aliphatic hydroxyl groups is 1. The fourth-order valence-corrected chi connectivity index (χ4v) is 4.32. The summed E-state index contributed by atoms with van der Waals surface area (Å²) in [4.78, 5) is 16.0. The summed E-state index contributed by atoms with van der Waals surface area (Å²) >= 11 is 1.76. The van der Waals surface area contributed by atoms with Crippen LogP contribution in [0.15, 0.2) is 12.1 Å². The molecule has 1 saturated heterocycles. The van der Waals surface area contributed by atoms with Crippen LogP contribution in [0.4, 0.5) is 5.82 Å². The van der Waals surface area contributed by atoms with E-state index in [0.717, 1.165) is 49.1 Å². The first-order chi connectivity index (χ1) is 11.4. The third kappa shape index (κ3) is 3.94. The molecular formula is C18H26N4OS. The number of hydrogen-bond acceptors (Lipinski definition) is 6. The average Bonchev–Trinajstić information content (AvgIpc) is 2.86. The van der Waals surface area contributed by atoms with E-state index in [2.05, 4.69) is 45.7 Å². The van der Waals surface area contributed by atoms with Gasteiger partial charge in [0.2, 0.25) is 0 Å². The first kappa shape index (κ1) is 17.3. The maximum atomic E-state index is 10.6. The molecule has 24 heavy (non-hydrogen) atoms. The SMILES string of the molecule is Cc1cc(N2CCN(CC(O)c3cc(C)sc3C)CC2)nc(C)n1. The van der Waals surface area contributed by atoms with Gasteiger partial charge in [0.1, 0.15) is 11.6 Å². The maximum Gasteiger partial charge on any atom is 0.132 e. The summed E-state index contributed by atoms with van der Waals surface area (Å²) in [6, 6.07) is 4.17. The number of hydrogen-bond donors (Lipinski definition) is 1. The number of nitrogens with zero attached hydrogens (tertiary/aromatic N) is 4. The molecule has 3 rings (SSSR count). The zero-order valence-corrected chi connectivity index (χ0v) is 15.7. The maximum absolute atomic E-state index is 10.6. The highest BCUT2D eigenvalue weighted by molar-refractivity contribution is 7.12. The van der Waals surface area contributed by atoms with Crippen molar-refractivity contribution < 1.29 is 5.11 Å². The molecule has 0 saturated carbocycles. The summed E-state index contributed by atoms with van der Waals surface area (Å²) in [7, 11) is 0. The quantitative estimate of drug-likeness (QED) is 0.922. The Kier molecular flexibility index (Phi) is 5.18. The minimum atomic E-state index is -0.398. The van der Waals surface area contributed by atoms with E-state index in [9.17, 15) is 5.11 Å². The number of aromatic nitrogens is 2. The van der Waals surface area contributed by atoms with Gasteiger partial charge in [-0.1, -0.05) is 0 Å². The van der Waals surface area contributed by atoms with Gasteiger partial charge >= 0.3 is 0 Å². The molecule has 0 aliphatic carbocycles. The number of β-amino-alcohol motifs (C(OH)–C–C–N with tert-alkyl or cyclic N) is 1. The van der Waals surface area contributed by atoms with Gasteiger partial charge < -0.3 is 10.0 Å². The molecule has 3 heterocycles. The van der Waals surface area contributed by atoms with Crippen LogP contribution >= 0.6 is 11.3 Å². The van der Waals surface area contributed by atoms with E-state index >= 15 is 0 Å². The van der Waals surface area contributed by atoms with Crippen LogP contribution in [0, 0.1) is 27.7 Å². The molecule has 130 valence electrons. The molecule has 0 radical (unpaired) electrons. The molecule has 1 aliphatic heterocycles. The van der Waals surface area contributed by atoms with Crippen molar-refractivity contribution in [3.63, 3.8) is 0 Å². The molecule has 1 fully saturated rings. The Bertz CT molecular complexity index is 687. The predicted molar refractivity (Wildman–Crippen MR) is 98.9 cm³/mol. The highest BCUT2D eigenvalue weighted by Crippen LogP contribution is 2.27. The molecule has 0 aromatic carbocycles. The molecule has 0 amide bonds. The Hall–Kier alpha value is -1.50. The highest BCUT2D eigenvalue weighted by atomic mass is 32.1. The number of anilines is 1. The van der Waals surface area contributed by atoms with E-state index in [0.29, 0.717) is 6.54 Å². The van der Waals surface area contributed by atoms with Gasteiger partial charge in [-0.25, -0.2) is 9.97 Å². The van der Waals surface area contributed by atoms with E-state index < -0.39 is 6.10 Å². The molecule has 2 aromatic rings. The third-order valence-corrected chi connectivity index (χ3v) is 5.50. The van der Waals surface area contributed by atoms with E-state index in [4.69, 9.17) is 0 Å². The van der Waals surface area contributed by atoms with Crippen molar-refractivity contribution >= 4 is 17.2 Å². The van der Waals surface area contributed by atoms with Gasteiger partial charge in [0, 0.05) is 54.2 Å². The lowest BCUT2D eigenvalue weighted by Gasteiger charge is -2.36. The van der Waals surface area contributed by atoms with Crippen LogP contribution in [0.3, 0.4) is 0 Å². The lowest BCUT2D eigenvalue weighted by atomic mass is 10.1. The standard InChI is InChI=1S/C18H26N4OS/c1-12-9-18(20-15(4)19-12)22-7-5-21(6-8-22)11-17(23)16-10-13(2)24-14(16)3/h9-10,17,23H,5-8,11H2,1-4H3. The fraction of sp³-hybridized carbons (Fsp3) is 0.556. The van der Waals surface area contributed by atoms with Crippen LogP contribution in [-0.4, -0.2) is 52.7 Å². The van der Waals surface area contributed by atoms with Gasteiger partial charge in [-0.05, 0) is 39.3 Å². The van der Waals surface area contributed by atoms with Crippen molar-refractivity contribution in [1.29, 1.82) is 0 Å².